The summed E-state index contributed by atoms with van der Waals surface area (Å²) in [4.78, 5) is 12.1. The maximum absolute atomic E-state index is 12.1. The lowest BCUT2D eigenvalue weighted by atomic mass is 10.0. The van der Waals surface area contributed by atoms with Crippen LogP contribution in [0.3, 0.4) is 0 Å². The van der Waals surface area contributed by atoms with Crippen LogP contribution in [0.5, 0.6) is 5.75 Å². The summed E-state index contributed by atoms with van der Waals surface area (Å²) in [5.41, 5.74) is 3.70. The Balaban J connectivity index is 2.28. The van der Waals surface area contributed by atoms with Crippen LogP contribution >= 0.6 is 0 Å². The maximum atomic E-state index is 12.1. The monoisotopic (exact) mass is 312 g/mol. The van der Waals surface area contributed by atoms with Crippen molar-refractivity contribution in [3.05, 3.63) is 63.0 Å². The third kappa shape index (κ3) is 4.13. The summed E-state index contributed by atoms with van der Waals surface area (Å²) in [7, 11) is 0. The molecule has 0 bridgehead atoms. The van der Waals surface area contributed by atoms with Gasteiger partial charge in [0.25, 0.3) is 0 Å². The van der Waals surface area contributed by atoms with Crippen molar-refractivity contribution < 1.29 is 9.52 Å². The Morgan fingerprint density at radius 1 is 1.22 bits per heavy atom. The first-order chi connectivity index (χ1) is 10.9. The molecular formula is C20H24O3. The van der Waals surface area contributed by atoms with Gasteiger partial charge in [0.1, 0.15) is 11.3 Å². The molecule has 3 heteroatoms. The van der Waals surface area contributed by atoms with E-state index in [2.05, 4.69) is 19.9 Å². The average Bonchev–Trinajstić information content (AvgIpc) is 2.46. The van der Waals surface area contributed by atoms with E-state index >= 15 is 0 Å². The van der Waals surface area contributed by atoms with E-state index in [0.29, 0.717) is 23.0 Å². The molecular weight excluding hydrogens is 288 g/mol. The van der Waals surface area contributed by atoms with Gasteiger partial charge in [-0.2, -0.15) is 0 Å². The molecule has 0 fully saturated rings. The standard InChI is InChI=1S/C20H24O3/c1-13(2)7-5-8-14(3)11-12-16-19(21)18-15(4)9-6-10-17(18)23-20(16)22/h6-7,9-11,21H,5,8,12H2,1-4H3/b14-11+. The molecule has 0 spiro atoms. The van der Waals surface area contributed by atoms with Crippen molar-refractivity contribution in [2.45, 2.75) is 47.0 Å². The lowest BCUT2D eigenvalue weighted by molar-refractivity contribution is 0.459. The summed E-state index contributed by atoms with van der Waals surface area (Å²) < 4.78 is 5.35. The van der Waals surface area contributed by atoms with Gasteiger partial charge in [0.2, 0.25) is 0 Å². The molecule has 1 aromatic heterocycles. The third-order valence-electron chi connectivity index (χ3n) is 3.95. The largest absolute Gasteiger partial charge is 0.507 e. The Morgan fingerprint density at radius 3 is 2.65 bits per heavy atom. The summed E-state index contributed by atoms with van der Waals surface area (Å²) in [5.74, 6) is 0.0442. The Bertz CT molecular complexity index is 819. The molecule has 1 heterocycles. The van der Waals surface area contributed by atoms with Crippen molar-refractivity contribution >= 4 is 11.0 Å². The highest BCUT2D eigenvalue weighted by Crippen LogP contribution is 2.29. The summed E-state index contributed by atoms with van der Waals surface area (Å²) in [6.07, 6.45) is 6.52. The molecule has 2 rings (SSSR count). The molecule has 23 heavy (non-hydrogen) atoms. The molecule has 2 aromatic rings. The van der Waals surface area contributed by atoms with Crippen molar-refractivity contribution in [2.75, 3.05) is 0 Å². The highest BCUT2D eigenvalue weighted by molar-refractivity contribution is 5.87. The minimum Gasteiger partial charge on any atom is -0.507 e. The van der Waals surface area contributed by atoms with Gasteiger partial charge in [-0.05, 0) is 52.2 Å². The molecule has 0 aliphatic heterocycles. The van der Waals surface area contributed by atoms with Gasteiger partial charge < -0.3 is 9.52 Å². The minimum absolute atomic E-state index is 0.0442. The molecule has 0 saturated heterocycles. The zero-order valence-corrected chi connectivity index (χ0v) is 14.3. The average molecular weight is 312 g/mol. The smallest absolute Gasteiger partial charge is 0.343 e. The van der Waals surface area contributed by atoms with Crippen molar-refractivity contribution in [2.24, 2.45) is 0 Å². The van der Waals surface area contributed by atoms with Crippen molar-refractivity contribution in [3.63, 3.8) is 0 Å². The van der Waals surface area contributed by atoms with Crippen LogP contribution < -0.4 is 5.63 Å². The fraction of sp³-hybridized carbons (Fsp3) is 0.350. The van der Waals surface area contributed by atoms with Gasteiger partial charge >= 0.3 is 5.63 Å². The van der Waals surface area contributed by atoms with E-state index < -0.39 is 5.63 Å². The summed E-state index contributed by atoms with van der Waals surface area (Å²) >= 11 is 0. The Kier molecular flexibility index (Phi) is 5.43. The van der Waals surface area contributed by atoms with E-state index in [1.807, 2.05) is 32.1 Å². The first-order valence-corrected chi connectivity index (χ1v) is 7.93. The highest BCUT2D eigenvalue weighted by atomic mass is 16.4. The second kappa shape index (κ2) is 7.32. The van der Waals surface area contributed by atoms with Crippen molar-refractivity contribution in [3.8, 4) is 5.75 Å². The van der Waals surface area contributed by atoms with Gasteiger partial charge in [0.05, 0.1) is 10.9 Å². The molecule has 122 valence electrons. The molecule has 0 aliphatic rings. The maximum Gasteiger partial charge on any atom is 0.343 e. The molecule has 0 amide bonds. The zero-order chi connectivity index (χ0) is 17.0. The number of allylic oxidation sites excluding steroid dienone is 4. The number of hydrogen-bond donors (Lipinski definition) is 1. The first-order valence-electron chi connectivity index (χ1n) is 7.93. The lowest BCUT2D eigenvalue weighted by Gasteiger charge is -2.07. The van der Waals surface area contributed by atoms with E-state index in [-0.39, 0.29) is 5.75 Å². The first kappa shape index (κ1) is 17.1. The van der Waals surface area contributed by atoms with Crippen LogP contribution in [0.2, 0.25) is 0 Å². The van der Waals surface area contributed by atoms with Crippen molar-refractivity contribution in [1.82, 2.24) is 0 Å². The lowest BCUT2D eigenvalue weighted by Crippen LogP contribution is -2.07. The van der Waals surface area contributed by atoms with Crippen LogP contribution in [-0.4, -0.2) is 5.11 Å². The predicted octanol–water partition coefficient (Wildman–Crippen LogP) is 5.04. The molecule has 0 atom stereocenters. The van der Waals surface area contributed by atoms with Gasteiger partial charge in [0.15, 0.2) is 0 Å². The van der Waals surface area contributed by atoms with Crippen LogP contribution in [0.25, 0.3) is 11.0 Å². The second-order valence-corrected chi connectivity index (χ2v) is 6.24. The van der Waals surface area contributed by atoms with E-state index in [9.17, 15) is 9.90 Å². The SMILES string of the molecule is CC(C)=CCC/C(C)=C/Cc1c(O)c2c(C)cccc2oc1=O. The highest BCUT2D eigenvalue weighted by Gasteiger charge is 2.14. The van der Waals surface area contributed by atoms with Gasteiger partial charge in [-0.3, -0.25) is 0 Å². The summed E-state index contributed by atoms with van der Waals surface area (Å²) in [6, 6.07) is 5.41. The number of fused-ring (bicyclic) bond motifs is 1. The zero-order valence-electron chi connectivity index (χ0n) is 14.3. The Labute approximate surface area is 137 Å². The molecule has 0 saturated carbocycles. The molecule has 1 aromatic carbocycles. The summed E-state index contributed by atoms with van der Waals surface area (Å²) in [6.45, 7) is 8.11. The second-order valence-electron chi connectivity index (χ2n) is 6.24. The van der Waals surface area contributed by atoms with Gasteiger partial charge in [-0.1, -0.05) is 35.4 Å². The quantitative estimate of drug-likeness (QED) is 0.621. The minimum atomic E-state index is -0.464. The number of rotatable bonds is 5. The number of aryl methyl sites for hydroxylation is 1. The fourth-order valence-electron chi connectivity index (χ4n) is 2.59. The van der Waals surface area contributed by atoms with Crippen molar-refractivity contribution in [1.29, 1.82) is 0 Å². The molecule has 0 unspecified atom stereocenters. The Morgan fingerprint density at radius 2 is 1.96 bits per heavy atom. The van der Waals surface area contributed by atoms with Gasteiger partial charge in [-0.15, -0.1) is 0 Å². The Hall–Kier alpha value is -2.29. The number of aromatic hydroxyl groups is 1. The third-order valence-corrected chi connectivity index (χ3v) is 3.95. The number of hydrogen-bond acceptors (Lipinski definition) is 3. The predicted molar refractivity (Wildman–Crippen MR) is 95.0 cm³/mol. The number of benzene rings is 1. The normalized spacial score (nSPS) is 11.7. The summed E-state index contributed by atoms with van der Waals surface area (Å²) in [5, 5.41) is 11.1. The van der Waals surface area contributed by atoms with E-state index in [0.717, 1.165) is 18.4 Å². The van der Waals surface area contributed by atoms with Gasteiger partial charge in [0, 0.05) is 6.42 Å². The topological polar surface area (TPSA) is 50.4 Å². The van der Waals surface area contributed by atoms with Crippen LogP contribution in [0.4, 0.5) is 0 Å². The molecule has 3 nitrogen and oxygen atoms in total. The van der Waals surface area contributed by atoms with Gasteiger partial charge in [-0.25, -0.2) is 4.79 Å². The fourth-order valence-corrected chi connectivity index (χ4v) is 2.59. The van der Waals surface area contributed by atoms with Crippen LogP contribution in [0.1, 0.15) is 44.7 Å². The van der Waals surface area contributed by atoms with Crippen LogP contribution in [0.15, 0.2) is 50.7 Å². The van der Waals surface area contributed by atoms with Crippen LogP contribution in [-0.2, 0) is 6.42 Å². The molecule has 1 N–H and O–H groups in total. The van der Waals surface area contributed by atoms with E-state index in [4.69, 9.17) is 4.42 Å². The van der Waals surface area contributed by atoms with E-state index in [1.54, 1.807) is 6.07 Å². The molecule has 0 aliphatic carbocycles. The van der Waals surface area contributed by atoms with Crippen LogP contribution in [0, 0.1) is 6.92 Å². The molecule has 0 radical (unpaired) electrons. The van der Waals surface area contributed by atoms with E-state index in [1.165, 1.54) is 11.1 Å².